The van der Waals surface area contributed by atoms with E-state index < -0.39 is 53.8 Å². The van der Waals surface area contributed by atoms with Crippen molar-refractivity contribution in [3.05, 3.63) is 0 Å². The van der Waals surface area contributed by atoms with E-state index >= 15 is 8.78 Å². The predicted octanol–water partition coefficient (Wildman–Crippen LogP) is 3.87. The van der Waals surface area contributed by atoms with E-state index in [1.807, 2.05) is 0 Å². The summed E-state index contributed by atoms with van der Waals surface area (Å²) < 4.78 is 127. The van der Waals surface area contributed by atoms with Crippen LogP contribution in [0.4, 0.5) is 35.1 Å². The molecule has 0 aromatic rings. The minimum Gasteiger partial charge on any atom is -0.378 e. The first-order valence-electron chi connectivity index (χ1n) is 10.5. The Kier molecular flexibility index (Phi) is 11.7. The van der Waals surface area contributed by atoms with Crippen molar-refractivity contribution in [2.75, 3.05) is 46.1 Å². The number of rotatable bonds is 15. The van der Waals surface area contributed by atoms with E-state index in [9.17, 15) is 31.1 Å². The van der Waals surface area contributed by atoms with E-state index in [1.54, 1.807) is 5.32 Å². The zero-order valence-corrected chi connectivity index (χ0v) is 19.9. The Morgan fingerprint density at radius 2 is 1.32 bits per heavy atom. The fourth-order valence-corrected chi connectivity index (χ4v) is 2.83. The average molecular weight is 518 g/mol. The van der Waals surface area contributed by atoms with Gasteiger partial charge in [-0.3, -0.25) is 4.79 Å². The summed E-state index contributed by atoms with van der Waals surface area (Å²) in [5.74, 6) is -2.21. The molecule has 2 unspecified atom stereocenters. The van der Waals surface area contributed by atoms with Crippen LogP contribution in [0.3, 0.4) is 0 Å². The molecule has 0 aliphatic carbocycles. The summed E-state index contributed by atoms with van der Waals surface area (Å²) in [5.41, 5.74) is -9.05. The van der Waals surface area contributed by atoms with Crippen LogP contribution in [0.5, 0.6) is 0 Å². The lowest BCUT2D eigenvalue weighted by molar-refractivity contribution is -0.313. The molecule has 0 saturated carbocycles. The molecule has 0 fully saturated rings. The fourth-order valence-electron chi connectivity index (χ4n) is 2.83. The maximum Gasteiger partial charge on any atom is 0.434 e. The van der Waals surface area contributed by atoms with Crippen LogP contribution in [-0.4, -0.2) is 81.3 Å². The summed E-state index contributed by atoms with van der Waals surface area (Å²) in [5, 5.41) is 1.69. The Morgan fingerprint density at radius 3 is 1.74 bits per heavy atom. The molecular formula is C20H34F8N2O4. The van der Waals surface area contributed by atoms with Crippen LogP contribution >= 0.6 is 0 Å². The van der Waals surface area contributed by atoms with Crippen molar-refractivity contribution in [3.63, 3.8) is 0 Å². The van der Waals surface area contributed by atoms with E-state index in [0.29, 0.717) is 13.8 Å². The number of ether oxygens (including phenoxy) is 3. The summed E-state index contributed by atoms with van der Waals surface area (Å²) in [6.07, 6.45) is -11.8. The topological polar surface area (TPSA) is 82.8 Å². The smallest absolute Gasteiger partial charge is 0.378 e. The molecule has 34 heavy (non-hydrogen) atoms. The van der Waals surface area contributed by atoms with E-state index in [2.05, 4.69) is 4.74 Å². The molecule has 1 amide bonds. The van der Waals surface area contributed by atoms with E-state index in [0.717, 1.165) is 13.8 Å². The zero-order chi connectivity index (χ0) is 27.1. The lowest BCUT2D eigenvalue weighted by atomic mass is 9.73. The summed E-state index contributed by atoms with van der Waals surface area (Å²) >= 11 is 0. The monoisotopic (exact) mass is 518 g/mol. The maximum absolute atomic E-state index is 15.3. The number of alkyl halides is 8. The minimum absolute atomic E-state index is 0.0216. The van der Waals surface area contributed by atoms with Crippen molar-refractivity contribution < 1.29 is 54.1 Å². The highest BCUT2D eigenvalue weighted by molar-refractivity contribution is 5.87. The Labute approximate surface area is 193 Å². The van der Waals surface area contributed by atoms with Crippen LogP contribution in [0, 0.1) is 5.41 Å². The van der Waals surface area contributed by atoms with Gasteiger partial charge in [-0.15, -0.1) is 0 Å². The summed E-state index contributed by atoms with van der Waals surface area (Å²) in [7, 11) is 0. The molecule has 0 aliphatic heterocycles. The fraction of sp³-hybridized carbons (Fsp3) is 0.950. The Bertz CT molecular complexity index is 643. The van der Waals surface area contributed by atoms with Crippen molar-refractivity contribution in [3.8, 4) is 0 Å². The number of amides is 1. The van der Waals surface area contributed by atoms with Crippen LogP contribution < -0.4 is 11.1 Å². The number of nitrogens with one attached hydrogen (secondary N) is 1. The highest BCUT2D eigenvalue weighted by Crippen LogP contribution is 2.51. The predicted molar refractivity (Wildman–Crippen MR) is 108 cm³/mol. The molecular weight excluding hydrogens is 484 g/mol. The Morgan fingerprint density at radius 1 is 0.824 bits per heavy atom. The van der Waals surface area contributed by atoms with Gasteiger partial charge in [-0.05, 0) is 20.3 Å². The normalized spacial score (nSPS) is 17.2. The number of carbonyl (C=O) groups excluding carboxylic acids is 1. The number of carbonyl (C=O) groups is 1. The number of hydrogen-bond acceptors (Lipinski definition) is 5. The van der Waals surface area contributed by atoms with Gasteiger partial charge in [0, 0.05) is 18.5 Å². The van der Waals surface area contributed by atoms with Crippen LogP contribution in [0.1, 0.15) is 41.0 Å². The first-order valence-corrected chi connectivity index (χ1v) is 10.5. The molecule has 0 aliphatic rings. The molecule has 3 N–H and O–H groups in total. The largest absolute Gasteiger partial charge is 0.434 e. The summed E-state index contributed by atoms with van der Waals surface area (Å²) in [6, 6.07) is 0. The number of nitrogens with two attached hydrogens (primary N) is 1. The Balaban J connectivity index is 5.51. The lowest BCUT2D eigenvalue weighted by Crippen LogP contribution is -2.67. The third kappa shape index (κ3) is 7.37. The van der Waals surface area contributed by atoms with Gasteiger partial charge in [-0.25, -0.2) is 8.78 Å². The second-order valence-corrected chi connectivity index (χ2v) is 8.76. The SMILES string of the molecule is CCC(C)(C)C(F)(COC(C)(C)C(F)(C(=O)NCCOCCOCCN)C(F)(F)F)C(F)(F)F. The third-order valence-corrected chi connectivity index (χ3v) is 5.74. The second kappa shape index (κ2) is 12.1. The van der Waals surface area contributed by atoms with Gasteiger partial charge in [0.1, 0.15) is 5.60 Å². The van der Waals surface area contributed by atoms with Gasteiger partial charge in [0.05, 0.1) is 33.0 Å². The van der Waals surface area contributed by atoms with Gasteiger partial charge in [-0.2, -0.15) is 26.3 Å². The lowest BCUT2D eigenvalue weighted by Gasteiger charge is -2.45. The minimum atomic E-state index is -5.89. The highest BCUT2D eigenvalue weighted by atomic mass is 19.4. The quantitative estimate of drug-likeness (QED) is 0.254. The van der Waals surface area contributed by atoms with E-state index in [-0.39, 0.29) is 39.4 Å². The molecule has 204 valence electrons. The Hall–Kier alpha value is -1.25. The van der Waals surface area contributed by atoms with Gasteiger partial charge in [0.2, 0.25) is 5.67 Å². The van der Waals surface area contributed by atoms with Crippen molar-refractivity contribution in [2.45, 2.75) is 70.3 Å². The van der Waals surface area contributed by atoms with E-state index in [4.69, 9.17) is 15.2 Å². The van der Waals surface area contributed by atoms with Crippen molar-refractivity contribution in [2.24, 2.45) is 11.1 Å². The summed E-state index contributed by atoms with van der Waals surface area (Å²) in [4.78, 5) is 12.2. The van der Waals surface area contributed by atoms with Gasteiger partial charge >= 0.3 is 18.0 Å². The first-order chi connectivity index (χ1) is 15.2. The molecule has 0 radical (unpaired) electrons. The molecule has 0 bridgehead atoms. The molecule has 0 aromatic heterocycles. The van der Waals surface area contributed by atoms with Crippen LogP contribution in [0.2, 0.25) is 0 Å². The van der Waals surface area contributed by atoms with Gasteiger partial charge in [0.25, 0.3) is 5.91 Å². The molecule has 0 spiro atoms. The van der Waals surface area contributed by atoms with Gasteiger partial charge in [0.15, 0.2) is 0 Å². The molecule has 0 rings (SSSR count). The van der Waals surface area contributed by atoms with Gasteiger partial charge < -0.3 is 25.3 Å². The molecule has 0 saturated heterocycles. The standard InChI is InChI=1S/C20H34F8N2O4/c1-6-15(2,3)17(21,19(23,24)25)13-34-16(4,5)18(22,20(26,27)28)14(31)30-8-10-33-12-11-32-9-7-29/h6-13,29H2,1-5H3,(H,30,31). The maximum atomic E-state index is 15.3. The molecule has 2 atom stereocenters. The van der Waals surface area contributed by atoms with Gasteiger partial charge in [-0.1, -0.05) is 20.8 Å². The molecule has 0 aromatic carbocycles. The number of halogens is 8. The molecule has 6 nitrogen and oxygen atoms in total. The van der Waals surface area contributed by atoms with Crippen LogP contribution in [-0.2, 0) is 19.0 Å². The highest BCUT2D eigenvalue weighted by Gasteiger charge is 2.72. The van der Waals surface area contributed by atoms with Crippen LogP contribution in [0.25, 0.3) is 0 Å². The zero-order valence-electron chi connectivity index (χ0n) is 19.9. The second-order valence-electron chi connectivity index (χ2n) is 8.76. The van der Waals surface area contributed by atoms with Crippen molar-refractivity contribution in [1.82, 2.24) is 5.32 Å². The van der Waals surface area contributed by atoms with Crippen molar-refractivity contribution >= 4 is 5.91 Å². The van der Waals surface area contributed by atoms with Crippen molar-refractivity contribution in [1.29, 1.82) is 0 Å². The molecule has 14 heteroatoms. The number of hydrogen-bond donors (Lipinski definition) is 2. The van der Waals surface area contributed by atoms with E-state index in [1.165, 1.54) is 6.92 Å². The third-order valence-electron chi connectivity index (χ3n) is 5.74. The summed E-state index contributed by atoms with van der Waals surface area (Å²) in [6.45, 7) is 1.81. The first kappa shape index (κ1) is 32.8. The average Bonchev–Trinajstić information content (AvgIpc) is 2.71. The van der Waals surface area contributed by atoms with Crippen LogP contribution in [0.15, 0.2) is 0 Å². The molecule has 0 heterocycles.